The Balaban J connectivity index is 1.95. The molecule has 130 valence electrons. The third kappa shape index (κ3) is 2.34. The van der Waals surface area contributed by atoms with Crippen molar-refractivity contribution in [2.45, 2.75) is 76.9 Å². The van der Waals surface area contributed by atoms with E-state index in [0.717, 1.165) is 38.5 Å². The highest BCUT2D eigenvalue weighted by Crippen LogP contribution is 2.65. The standard InChI is InChI=1S/C20H32O3/c1-5-20(14-22)12-8-16-18(3)10-6-9-17(2,13-21)15(18)7-11-19(16,4)23-20/h5,13,15-16,22H,1,6-12,14H2,2-4H3. The largest absolute Gasteiger partial charge is 0.393 e. The number of fused-ring (bicyclic) bond motifs is 3. The molecule has 23 heavy (non-hydrogen) atoms. The highest BCUT2D eigenvalue weighted by atomic mass is 16.5. The summed E-state index contributed by atoms with van der Waals surface area (Å²) in [5.41, 5.74) is -0.833. The van der Waals surface area contributed by atoms with Crippen molar-refractivity contribution in [1.82, 2.24) is 0 Å². The van der Waals surface area contributed by atoms with Crippen molar-refractivity contribution >= 4 is 6.29 Å². The molecule has 3 aliphatic rings. The number of rotatable bonds is 3. The molecule has 6 unspecified atom stereocenters. The quantitative estimate of drug-likeness (QED) is 0.634. The van der Waals surface area contributed by atoms with E-state index < -0.39 is 5.60 Å². The van der Waals surface area contributed by atoms with Crippen molar-refractivity contribution in [3.8, 4) is 0 Å². The van der Waals surface area contributed by atoms with Crippen LogP contribution in [0.5, 0.6) is 0 Å². The topological polar surface area (TPSA) is 46.5 Å². The van der Waals surface area contributed by atoms with Crippen molar-refractivity contribution in [3.05, 3.63) is 12.7 Å². The van der Waals surface area contributed by atoms with Crippen molar-refractivity contribution in [2.75, 3.05) is 6.61 Å². The first-order valence-electron chi connectivity index (χ1n) is 9.18. The summed E-state index contributed by atoms with van der Waals surface area (Å²) in [7, 11) is 0. The first-order chi connectivity index (χ1) is 10.8. The summed E-state index contributed by atoms with van der Waals surface area (Å²) in [4.78, 5) is 11.8. The summed E-state index contributed by atoms with van der Waals surface area (Å²) in [5, 5.41) is 9.82. The number of aliphatic hydroxyl groups is 1. The maximum absolute atomic E-state index is 11.8. The molecule has 6 atom stereocenters. The van der Waals surface area contributed by atoms with E-state index >= 15 is 0 Å². The van der Waals surface area contributed by atoms with Crippen LogP contribution in [0.4, 0.5) is 0 Å². The van der Waals surface area contributed by atoms with Crippen molar-refractivity contribution in [3.63, 3.8) is 0 Å². The number of carbonyl (C=O) groups is 1. The zero-order valence-corrected chi connectivity index (χ0v) is 14.9. The molecule has 0 bridgehead atoms. The summed E-state index contributed by atoms with van der Waals surface area (Å²) in [6.07, 6.45) is 10.2. The molecule has 3 nitrogen and oxygen atoms in total. The lowest BCUT2D eigenvalue weighted by Gasteiger charge is -2.64. The lowest BCUT2D eigenvalue weighted by Crippen LogP contribution is -2.64. The van der Waals surface area contributed by atoms with Gasteiger partial charge in [-0.2, -0.15) is 0 Å². The van der Waals surface area contributed by atoms with Crippen LogP contribution in [0.3, 0.4) is 0 Å². The summed E-state index contributed by atoms with van der Waals surface area (Å²) in [5.74, 6) is 0.904. The van der Waals surface area contributed by atoms with Crippen LogP contribution in [-0.4, -0.2) is 29.2 Å². The highest BCUT2D eigenvalue weighted by molar-refractivity contribution is 5.60. The van der Waals surface area contributed by atoms with Gasteiger partial charge in [0, 0.05) is 5.41 Å². The van der Waals surface area contributed by atoms with E-state index in [0.29, 0.717) is 11.8 Å². The highest BCUT2D eigenvalue weighted by Gasteiger charge is 2.62. The van der Waals surface area contributed by atoms with Gasteiger partial charge in [0.05, 0.1) is 12.2 Å². The second-order valence-electron chi connectivity index (χ2n) is 9.01. The average molecular weight is 320 g/mol. The maximum atomic E-state index is 11.8. The van der Waals surface area contributed by atoms with E-state index in [1.165, 1.54) is 12.7 Å². The molecule has 2 saturated carbocycles. The Hall–Kier alpha value is -0.670. The van der Waals surface area contributed by atoms with Gasteiger partial charge in [0.15, 0.2) is 0 Å². The molecule has 0 amide bonds. The summed E-state index contributed by atoms with van der Waals surface area (Å²) in [6, 6.07) is 0. The number of hydrogen-bond donors (Lipinski definition) is 1. The molecular weight excluding hydrogens is 288 g/mol. The van der Waals surface area contributed by atoms with E-state index in [1.54, 1.807) is 6.08 Å². The van der Waals surface area contributed by atoms with Crippen molar-refractivity contribution < 1.29 is 14.6 Å². The fraction of sp³-hybridized carbons (Fsp3) is 0.850. The van der Waals surface area contributed by atoms with Gasteiger partial charge in [-0.05, 0) is 62.7 Å². The van der Waals surface area contributed by atoms with E-state index in [1.807, 2.05) is 0 Å². The third-order valence-corrected chi connectivity index (χ3v) is 7.69. The van der Waals surface area contributed by atoms with Gasteiger partial charge < -0.3 is 14.6 Å². The number of aliphatic hydroxyl groups excluding tert-OH is 1. The van der Waals surface area contributed by atoms with Crippen LogP contribution in [0.15, 0.2) is 12.7 Å². The summed E-state index contributed by atoms with van der Waals surface area (Å²) < 4.78 is 6.52. The number of aldehydes is 1. The minimum Gasteiger partial charge on any atom is -0.393 e. The molecule has 0 spiro atoms. The van der Waals surface area contributed by atoms with Crippen LogP contribution < -0.4 is 0 Å². The average Bonchev–Trinajstić information content (AvgIpc) is 2.53. The molecule has 1 saturated heterocycles. The first kappa shape index (κ1) is 17.2. The van der Waals surface area contributed by atoms with Crippen LogP contribution in [0.1, 0.15) is 65.7 Å². The van der Waals surface area contributed by atoms with Crippen molar-refractivity contribution in [1.29, 1.82) is 0 Å². The predicted molar refractivity (Wildman–Crippen MR) is 91.1 cm³/mol. The smallest absolute Gasteiger partial charge is 0.126 e. The normalized spacial score (nSPS) is 53.0. The van der Waals surface area contributed by atoms with E-state index in [4.69, 9.17) is 4.74 Å². The molecule has 0 aromatic carbocycles. The second-order valence-corrected chi connectivity index (χ2v) is 9.01. The van der Waals surface area contributed by atoms with Crippen LogP contribution >= 0.6 is 0 Å². The van der Waals surface area contributed by atoms with Gasteiger partial charge in [-0.25, -0.2) is 0 Å². The van der Waals surface area contributed by atoms with E-state index in [9.17, 15) is 9.90 Å². The Morgan fingerprint density at radius 3 is 2.43 bits per heavy atom. The predicted octanol–water partition coefficient (Wildman–Crippen LogP) is 3.89. The molecule has 0 aromatic heterocycles. The minimum absolute atomic E-state index is 0.00497. The SMILES string of the molecule is C=CC1(CO)CCC2C(C)(CCC3C(C)(C=O)CCCC32C)O1. The second kappa shape index (κ2) is 5.42. The van der Waals surface area contributed by atoms with E-state index in [2.05, 4.69) is 27.4 Å². The van der Waals surface area contributed by atoms with Gasteiger partial charge in [-0.3, -0.25) is 0 Å². The molecule has 0 radical (unpaired) electrons. The molecule has 0 aromatic rings. The lowest BCUT2D eigenvalue weighted by atomic mass is 9.44. The van der Waals surface area contributed by atoms with Gasteiger partial charge in [-0.15, -0.1) is 6.58 Å². The first-order valence-corrected chi connectivity index (χ1v) is 9.18. The molecule has 1 heterocycles. The molecule has 1 N–H and O–H groups in total. The van der Waals surface area contributed by atoms with Gasteiger partial charge >= 0.3 is 0 Å². The zero-order chi connectivity index (χ0) is 16.9. The Labute approximate surface area is 140 Å². The molecular formula is C20H32O3. The fourth-order valence-electron chi connectivity index (χ4n) is 6.45. The summed E-state index contributed by atoms with van der Waals surface area (Å²) >= 11 is 0. The lowest BCUT2D eigenvalue weighted by molar-refractivity contribution is -0.262. The minimum atomic E-state index is -0.586. The monoisotopic (exact) mass is 320 g/mol. The Bertz CT molecular complexity index is 503. The molecule has 1 aliphatic heterocycles. The van der Waals surface area contributed by atoms with Gasteiger partial charge in [-0.1, -0.05) is 26.3 Å². The number of carbonyl (C=O) groups excluding carboxylic acids is 1. The Morgan fingerprint density at radius 1 is 1.13 bits per heavy atom. The number of ether oxygens (including phenoxy) is 1. The molecule has 2 aliphatic carbocycles. The van der Waals surface area contributed by atoms with Gasteiger partial charge in [0.2, 0.25) is 0 Å². The Morgan fingerprint density at radius 2 is 1.83 bits per heavy atom. The number of hydrogen-bond acceptors (Lipinski definition) is 3. The molecule has 3 rings (SSSR count). The van der Waals surface area contributed by atoms with Crippen LogP contribution in [0.2, 0.25) is 0 Å². The maximum Gasteiger partial charge on any atom is 0.126 e. The molecule has 3 heteroatoms. The zero-order valence-electron chi connectivity index (χ0n) is 14.9. The van der Waals surface area contributed by atoms with Gasteiger partial charge in [0.1, 0.15) is 11.9 Å². The van der Waals surface area contributed by atoms with Crippen LogP contribution in [0, 0.1) is 22.7 Å². The van der Waals surface area contributed by atoms with Gasteiger partial charge in [0.25, 0.3) is 0 Å². The third-order valence-electron chi connectivity index (χ3n) is 7.69. The Kier molecular flexibility index (Phi) is 4.04. The molecule has 3 fully saturated rings. The van der Waals surface area contributed by atoms with Crippen molar-refractivity contribution in [2.24, 2.45) is 22.7 Å². The summed E-state index contributed by atoms with van der Waals surface area (Å²) in [6.45, 7) is 10.7. The van der Waals surface area contributed by atoms with Crippen LogP contribution in [-0.2, 0) is 9.53 Å². The van der Waals surface area contributed by atoms with E-state index in [-0.39, 0.29) is 23.0 Å². The van der Waals surface area contributed by atoms with Crippen LogP contribution in [0.25, 0.3) is 0 Å². The fourth-order valence-corrected chi connectivity index (χ4v) is 6.45.